The van der Waals surface area contributed by atoms with E-state index in [1.165, 1.54) is 11.5 Å². The number of anilines is 1. The van der Waals surface area contributed by atoms with Crippen molar-refractivity contribution in [3.05, 3.63) is 42.1 Å². The van der Waals surface area contributed by atoms with Crippen LogP contribution in [-0.4, -0.2) is 37.7 Å². The zero-order valence-corrected chi connectivity index (χ0v) is 18.4. The highest BCUT2D eigenvalue weighted by Gasteiger charge is 2.18. The zero-order chi connectivity index (χ0) is 21.8. The van der Waals surface area contributed by atoms with Crippen molar-refractivity contribution in [2.75, 3.05) is 26.6 Å². The first-order chi connectivity index (χ1) is 14.4. The first kappa shape index (κ1) is 21.6. The fraction of sp³-hybridized carbons (Fsp3) is 0.273. The molecule has 1 atom stereocenters. The van der Waals surface area contributed by atoms with Crippen molar-refractivity contribution in [1.82, 2.24) is 4.37 Å². The Balaban J connectivity index is 2.07. The molecule has 1 heterocycles. The number of hydrogen-bond donors (Lipinski definition) is 2. The van der Waals surface area contributed by atoms with Crippen LogP contribution in [0, 0.1) is 6.92 Å². The van der Waals surface area contributed by atoms with Crippen LogP contribution < -0.4 is 25.3 Å². The fourth-order valence-corrected chi connectivity index (χ4v) is 3.91. The van der Waals surface area contributed by atoms with Crippen LogP contribution in [0.25, 0.3) is 21.6 Å². The second-order valence-corrected chi connectivity index (χ2v) is 7.59. The molecule has 2 aromatic carbocycles. The van der Waals surface area contributed by atoms with E-state index >= 15 is 0 Å². The quantitative estimate of drug-likeness (QED) is 0.589. The predicted octanol–water partition coefficient (Wildman–Crippen LogP) is 4.10. The van der Waals surface area contributed by atoms with Gasteiger partial charge in [0.05, 0.1) is 37.9 Å². The minimum absolute atomic E-state index is 0.287. The van der Waals surface area contributed by atoms with Crippen LogP contribution in [0.15, 0.2) is 36.5 Å². The molecule has 0 radical (unpaired) electrons. The molecule has 0 saturated carbocycles. The lowest BCUT2D eigenvalue weighted by atomic mass is 10.0. The Morgan fingerprint density at radius 3 is 2.43 bits per heavy atom. The Labute approximate surface area is 179 Å². The molecular weight excluding hydrogens is 402 g/mol. The summed E-state index contributed by atoms with van der Waals surface area (Å²) in [5, 5.41) is 2.82. The van der Waals surface area contributed by atoms with Crippen LogP contribution in [0.2, 0.25) is 0 Å². The number of nitrogens with zero attached hydrogens (tertiary/aromatic N) is 1. The van der Waals surface area contributed by atoms with E-state index in [0.29, 0.717) is 22.9 Å². The minimum Gasteiger partial charge on any atom is -0.495 e. The molecule has 3 aromatic rings. The number of carbonyl (C=O) groups is 1. The lowest BCUT2D eigenvalue weighted by molar-refractivity contribution is -0.117. The molecule has 158 valence electrons. The van der Waals surface area contributed by atoms with Gasteiger partial charge in [0, 0.05) is 11.8 Å². The van der Waals surface area contributed by atoms with Crippen molar-refractivity contribution in [3.63, 3.8) is 0 Å². The molecule has 0 spiro atoms. The highest BCUT2D eigenvalue weighted by atomic mass is 32.1. The summed E-state index contributed by atoms with van der Waals surface area (Å²) >= 11 is 1.39. The Kier molecular flexibility index (Phi) is 6.59. The van der Waals surface area contributed by atoms with Crippen LogP contribution in [0.4, 0.5) is 5.69 Å². The summed E-state index contributed by atoms with van der Waals surface area (Å²) < 4.78 is 20.7. The van der Waals surface area contributed by atoms with Gasteiger partial charge in [0.15, 0.2) is 11.5 Å². The summed E-state index contributed by atoms with van der Waals surface area (Å²) in [6.45, 7) is 3.60. The van der Waals surface area contributed by atoms with E-state index in [2.05, 4.69) is 9.69 Å². The Hall–Kier alpha value is -3.10. The number of ether oxygens (including phenoxy) is 3. The molecule has 1 amide bonds. The number of aryl methyl sites for hydroxylation is 1. The van der Waals surface area contributed by atoms with Crippen LogP contribution >= 0.6 is 11.5 Å². The standard InChI is InChI=1S/C22H25N3O4S/c1-12-8-15(10-19(28-4)20(12)29-5)21-16(11-24-30-21)14-6-7-18(27-3)17(9-14)25-22(26)13(2)23/h6-11,13H,23H2,1-5H3,(H,25,26). The molecular formula is C22H25N3O4S. The number of rotatable bonds is 7. The van der Waals surface area contributed by atoms with Gasteiger partial charge in [-0.05, 0) is 66.3 Å². The van der Waals surface area contributed by atoms with Crippen molar-refractivity contribution in [2.45, 2.75) is 19.9 Å². The molecule has 1 unspecified atom stereocenters. The number of hydrogen-bond acceptors (Lipinski definition) is 7. The van der Waals surface area contributed by atoms with Crippen molar-refractivity contribution in [1.29, 1.82) is 0 Å². The zero-order valence-electron chi connectivity index (χ0n) is 17.6. The largest absolute Gasteiger partial charge is 0.495 e. The van der Waals surface area contributed by atoms with E-state index in [1.807, 2.05) is 43.5 Å². The van der Waals surface area contributed by atoms with Crippen LogP contribution in [0.1, 0.15) is 12.5 Å². The lowest BCUT2D eigenvalue weighted by Crippen LogP contribution is -2.32. The van der Waals surface area contributed by atoms with Gasteiger partial charge in [0.2, 0.25) is 5.91 Å². The molecule has 0 bridgehead atoms. The normalized spacial score (nSPS) is 11.7. The predicted molar refractivity (Wildman–Crippen MR) is 120 cm³/mol. The first-order valence-corrected chi connectivity index (χ1v) is 10.1. The molecule has 0 aliphatic heterocycles. The van der Waals surface area contributed by atoms with Gasteiger partial charge in [-0.2, -0.15) is 4.37 Å². The number of nitrogens with one attached hydrogen (secondary N) is 1. The second-order valence-electron chi connectivity index (χ2n) is 6.79. The van der Waals surface area contributed by atoms with Crippen molar-refractivity contribution in [3.8, 4) is 38.8 Å². The van der Waals surface area contributed by atoms with Crippen molar-refractivity contribution >= 4 is 23.1 Å². The van der Waals surface area contributed by atoms with Gasteiger partial charge in [-0.25, -0.2) is 0 Å². The number of amides is 1. The molecule has 30 heavy (non-hydrogen) atoms. The van der Waals surface area contributed by atoms with Crippen LogP contribution in [0.3, 0.4) is 0 Å². The third kappa shape index (κ3) is 4.24. The highest BCUT2D eigenvalue weighted by Crippen LogP contribution is 2.42. The Morgan fingerprint density at radius 2 is 1.80 bits per heavy atom. The summed E-state index contributed by atoms with van der Waals surface area (Å²) in [5.74, 6) is 1.63. The maximum atomic E-state index is 12.1. The monoisotopic (exact) mass is 427 g/mol. The van der Waals surface area contributed by atoms with Crippen LogP contribution in [-0.2, 0) is 4.79 Å². The second kappa shape index (κ2) is 9.15. The van der Waals surface area contributed by atoms with Gasteiger partial charge in [0.1, 0.15) is 5.75 Å². The minimum atomic E-state index is -0.633. The Bertz CT molecular complexity index is 1060. The van der Waals surface area contributed by atoms with E-state index in [4.69, 9.17) is 19.9 Å². The summed E-state index contributed by atoms with van der Waals surface area (Å²) in [4.78, 5) is 13.1. The third-order valence-corrected chi connectivity index (χ3v) is 5.53. The van der Waals surface area contributed by atoms with Crippen molar-refractivity contribution in [2.24, 2.45) is 5.73 Å². The van der Waals surface area contributed by atoms with Gasteiger partial charge in [-0.1, -0.05) is 6.07 Å². The van der Waals surface area contributed by atoms with E-state index in [9.17, 15) is 4.79 Å². The molecule has 7 nitrogen and oxygen atoms in total. The van der Waals surface area contributed by atoms with Gasteiger partial charge < -0.3 is 25.3 Å². The van der Waals surface area contributed by atoms with E-state index in [0.717, 1.165) is 27.1 Å². The third-order valence-electron chi connectivity index (χ3n) is 4.68. The first-order valence-electron chi connectivity index (χ1n) is 9.32. The number of benzene rings is 2. The maximum absolute atomic E-state index is 12.1. The average Bonchev–Trinajstić information content (AvgIpc) is 3.22. The summed E-state index contributed by atoms with van der Waals surface area (Å²) in [6.07, 6.45) is 1.81. The molecule has 3 rings (SSSR count). The summed E-state index contributed by atoms with van der Waals surface area (Å²) in [7, 11) is 4.80. The van der Waals surface area contributed by atoms with Gasteiger partial charge in [-0.3, -0.25) is 4.79 Å². The van der Waals surface area contributed by atoms with Gasteiger partial charge in [0.25, 0.3) is 0 Å². The van der Waals surface area contributed by atoms with E-state index in [-0.39, 0.29) is 5.91 Å². The van der Waals surface area contributed by atoms with E-state index < -0.39 is 6.04 Å². The average molecular weight is 428 g/mol. The molecule has 0 aliphatic rings. The molecule has 0 saturated heterocycles. The summed E-state index contributed by atoms with van der Waals surface area (Å²) in [6, 6.07) is 8.95. The van der Waals surface area contributed by atoms with Gasteiger partial charge >= 0.3 is 0 Å². The van der Waals surface area contributed by atoms with Crippen molar-refractivity contribution < 1.29 is 19.0 Å². The number of aromatic nitrogens is 1. The van der Waals surface area contributed by atoms with Gasteiger partial charge in [-0.15, -0.1) is 0 Å². The number of carbonyl (C=O) groups excluding carboxylic acids is 1. The molecule has 3 N–H and O–H groups in total. The molecule has 0 fully saturated rings. The van der Waals surface area contributed by atoms with E-state index in [1.54, 1.807) is 28.3 Å². The molecule has 0 aliphatic carbocycles. The fourth-order valence-electron chi connectivity index (χ4n) is 3.16. The lowest BCUT2D eigenvalue weighted by Gasteiger charge is -2.15. The topological polar surface area (TPSA) is 95.7 Å². The number of nitrogens with two attached hydrogens (primary N) is 1. The molecule has 1 aromatic heterocycles. The summed E-state index contributed by atoms with van der Waals surface area (Å²) in [5.41, 5.74) is 10.0. The smallest absolute Gasteiger partial charge is 0.241 e. The molecule has 8 heteroatoms. The Morgan fingerprint density at radius 1 is 1.07 bits per heavy atom. The van der Waals surface area contributed by atoms with Crippen LogP contribution in [0.5, 0.6) is 17.2 Å². The number of methoxy groups -OCH3 is 3. The SMILES string of the molecule is COc1ccc(-c2cnsc2-c2cc(C)c(OC)c(OC)c2)cc1NC(=O)C(C)N. The highest BCUT2D eigenvalue weighted by molar-refractivity contribution is 7.10. The maximum Gasteiger partial charge on any atom is 0.241 e.